The molecule has 0 spiro atoms. The van der Waals surface area contributed by atoms with Gasteiger partial charge in [-0.25, -0.2) is 4.79 Å². The van der Waals surface area contributed by atoms with Crippen LogP contribution in [-0.2, 0) is 9.59 Å². The Morgan fingerprint density at radius 1 is 1.07 bits per heavy atom. The van der Waals surface area contributed by atoms with E-state index in [-0.39, 0.29) is 19.5 Å². The first-order valence-electron chi connectivity index (χ1n) is 4.28. The van der Waals surface area contributed by atoms with Crippen molar-refractivity contribution in [3.8, 4) is 0 Å². The molecule has 0 saturated carbocycles. The third-order valence-corrected chi connectivity index (χ3v) is 1.48. The monoisotopic (exact) mass is 217 g/mol. The van der Waals surface area contributed by atoms with E-state index >= 15 is 0 Å². The molecule has 0 rings (SSSR count). The number of urea groups is 1. The number of hydrogen-bond donors (Lipinski definition) is 5. The molecule has 0 saturated heterocycles. The predicted molar refractivity (Wildman–Crippen MR) is 52.4 cm³/mol. The molecule has 4 amide bonds. The Bertz CT molecular complexity index is 255. The summed E-state index contributed by atoms with van der Waals surface area (Å²) in [5.74, 6) is -1.15. The van der Waals surface area contributed by atoms with E-state index in [1.54, 1.807) is 0 Å². The third kappa shape index (κ3) is 7.26. The number of carbonyl (C=O) groups excluding carboxylic acids is 3. The van der Waals surface area contributed by atoms with Gasteiger partial charge in [0.2, 0.25) is 11.8 Å². The summed E-state index contributed by atoms with van der Waals surface area (Å²) < 4.78 is 0. The van der Waals surface area contributed by atoms with E-state index in [2.05, 4.69) is 10.6 Å². The predicted octanol–water partition coefficient (Wildman–Crippen LogP) is -3.03. The Balaban J connectivity index is 3.64. The van der Waals surface area contributed by atoms with Gasteiger partial charge in [0.05, 0.1) is 12.5 Å². The normalized spacial score (nSPS) is 11.5. The summed E-state index contributed by atoms with van der Waals surface area (Å²) in [7, 11) is 0. The zero-order chi connectivity index (χ0) is 11.8. The number of nitrogens with one attached hydrogen (secondary N) is 2. The maximum atomic E-state index is 11.1. The highest BCUT2D eigenvalue weighted by Gasteiger charge is 2.14. The lowest BCUT2D eigenvalue weighted by atomic mass is 10.2. The molecule has 1 atom stereocenters. The smallest absolute Gasteiger partial charge is 0.312 e. The first kappa shape index (κ1) is 13.2. The lowest BCUT2D eigenvalue weighted by Gasteiger charge is -2.10. The van der Waals surface area contributed by atoms with Gasteiger partial charge in [0.1, 0.15) is 0 Å². The topological polar surface area (TPSA) is 153 Å². The maximum Gasteiger partial charge on any atom is 0.312 e. The largest absolute Gasteiger partial charge is 0.370 e. The Kier molecular flexibility index (Phi) is 5.79. The minimum atomic E-state index is -0.962. The van der Waals surface area contributed by atoms with Crippen molar-refractivity contribution in [1.82, 2.24) is 10.6 Å². The molecule has 0 radical (unpaired) electrons. The second kappa shape index (κ2) is 6.60. The highest BCUT2D eigenvalue weighted by atomic mass is 16.2. The van der Waals surface area contributed by atoms with Crippen LogP contribution in [-0.4, -0.2) is 37.0 Å². The molecule has 0 aromatic carbocycles. The van der Waals surface area contributed by atoms with Crippen molar-refractivity contribution in [3.05, 3.63) is 0 Å². The summed E-state index contributed by atoms with van der Waals surface area (Å²) >= 11 is 0. The van der Waals surface area contributed by atoms with Gasteiger partial charge in [-0.15, -0.1) is 0 Å². The average molecular weight is 217 g/mol. The van der Waals surface area contributed by atoms with Crippen LogP contribution in [0.4, 0.5) is 4.79 Å². The van der Waals surface area contributed by atoms with Crippen molar-refractivity contribution in [2.24, 2.45) is 17.2 Å². The highest BCUT2D eigenvalue weighted by molar-refractivity contribution is 5.87. The average Bonchev–Trinajstić information content (AvgIpc) is 2.10. The van der Waals surface area contributed by atoms with Gasteiger partial charge in [0.15, 0.2) is 0 Å². The van der Waals surface area contributed by atoms with Gasteiger partial charge in [0, 0.05) is 13.1 Å². The Labute approximate surface area is 86.5 Å². The SMILES string of the molecule is NC(=O)CC(N)C(=O)NCCNC(N)=O. The Morgan fingerprint density at radius 3 is 2.07 bits per heavy atom. The minimum absolute atomic E-state index is 0.189. The maximum absolute atomic E-state index is 11.1. The number of nitrogens with two attached hydrogens (primary N) is 3. The highest BCUT2D eigenvalue weighted by Crippen LogP contribution is 1.85. The molecular weight excluding hydrogens is 202 g/mol. The molecule has 8 N–H and O–H groups in total. The number of amides is 4. The summed E-state index contributed by atoms with van der Waals surface area (Å²) in [6, 6.07) is -1.64. The van der Waals surface area contributed by atoms with Crippen LogP contribution in [0.3, 0.4) is 0 Å². The summed E-state index contributed by atoms with van der Waals surface area (Å²) in [5.41, 5.74) is 15.0. The van der Waals surface area contributed by atoms with E-state index in [1.165, 1.54) is 0 Å². The van der Waals surface area contributed by atoms with Gasteiger partial charge in [-0.05, 0) is 0 Å². The molecule has 86 valence electrons. The van der Waals surface area contributed by atoms with E-state index < -0.39 is 23.9 Å². The molecule has 0 aromatic heterocycles. The van der Waals surface area contributed by atoms with Crippen LogP contribution in [0.2, 0.25) is 0 Å². The second-order valence-electron chi connectivity index (χ2n) is 2.86. The van der Waals surface area contributed by atoms with E-state index in [1.807, 2.05) is 0 Å². The molecule has 0 fully saturated rings. The molecule has 0 bridgehead atoms. The van der Waals surface area contributed by atoms with E-state index in [0.29, 0.717) is 0 Å². The fourth-order valence-corrected chi connectivity index (χ4v) is 0.812. The molecule has 0 aromatic rings. The van der Waals surface area contributed by atoms with Crippen LogP contribution in [0.25, 0.3) is 0 Å². The van der Waals surface area contributed by atoms with Gasteiger partial charge >= 0.3 is 6.03 Å². The lowest BCUT2D eigenvalue weighted by Crippen LogP contribution is -2.45. The van der Waals surface area contributed by atoms with Gasteiger partial charge in [-0.1, -0.05) is 0 Å². The summed E-state index contributed by atoms with van der Waals surface area (Å²) in [6.45, 7) is 0.388. The molecule has 8 heteroatoms. The van der Waals surface area contributed by atoms with Crippen LogP contribution in [0.1, 0.15) is 6.42 Å². The first-order valence-corrected chi connectivity index (χ1v) is 4.28. The molecule has 15 heavy (non-hydrogen) atoms. The van der Waals surface area contributed by atoms with Crippen LogP contribution >= 0.6 is 0 Å². The van der Waals surface area contributed by atoms with Crippen LogP contribution in [0.5, 0.6) is 0 Å². The van der Waals surface area contributed by atoms with Crippen LogP contribution in [0, 0.1) is 0 Å². The minimum Gasteiger partial charge on any atom is -0.370 e. The molecule has 0 heterocycles. The molecule has 0 aliphatic carbocycles. The number of carbonyl (C=O) groups is 3. The van der Waals surface area contributed by atoms with E-state index in [9.17, 15) is 14.4 Å². The number of rotatable bonds is 6. The molecule has 0 aliphatic rings. The van der Waals surface area contributed by atoms with Crippen molar-refractivity contribution in [2.45, 2.75) is 12.5 Å². The van der Waals surface area contributed by atoms with Crippen molar-refractivity contribution < 1.29 is 14.4 Å². The molecule has 8 nitrogen and oxygen atoms in total. The summed E-state index contributed by atoms with van der Waals surface area (Å²) in [6.07, 6.45) is -0.213. The number of primary amides is 2. The number of hydrogen-bond acceptors (Lipinski definition) is 4. The summed E-state index contributed by atoms with van der Waals surface area (Å²) in [5, 5.41) is 4.67. The van der Waals surface area contributed by atoms with Gasteiger partial charge in [0.25, 0.3) is 0 Å². The Hall–Kier alpha value is -1.83. The fourth-order valence-electron chi connectivity index (χ4n) is 0.812. The van der Waals surface area contributed by atoms with Crippen LogP contribution < -0.4 is 27.8 Å². The third-order valence-electron chi connectivity index (χ3n) is 1.48. The van der Waals surface area contributed by atoms with Crippen molar-refractivity contribution in [2.75, 3.05) is 13.1 Å². The second-order valence-corrected chi connectivity index (χ2v) is 2.86. The van der Waals surface area contributed by atoms with Gasteiger partial charge in [-0.3, -0.25) is 9.59 Å². The molecule has 0 aliphatic heterocycles. The quantitative estimate of drug-likeness (QED) is 0.300. The Morgan fingerprint density at radius 2 is 1.60 bits per heavy atom. The first-order chi connectivity index (χ1) is 6.93. The fraction of sp³-hybridized carbons (Fsp3) is 0.571. The lowest BCUT2D eigenvalue weighted by molar-refractivity contribution is -0.126. The molecule has 1 unspecified atom stereocenters. The van der Waals surface area contributed by atoms with Gasteiger partial charge < -0.3 is 27.8 Å². The standard InChI is InChI=1S/C7H15N5O3/c8-4(3-5(9)13)6(14)11-1-2-12-7(10)15/h4H,1-3,8H2,(H2,9,13)(H,11,14)(H3,10,12,15). The van der Waals surface area contributed by atoms with Gasteiger partial charge in [-0.2, -0.15) is 0 Å². The van der Waals surface area contributed by atoms with Crippen LogP contribution in [0.15, 0.2) is 0 Å². The van der Waals surface area contributed by atoms with Crippen molar-refractivity contribution in [1.29, 1.82) is 0 Å². The van der Waals surface area contributed by atoms with Crippen molar-refractivity contribution >= 4 is 17.8 Å². The zero-order valence-corrected chi connectivity index (χ0v) is 8.16. The van der Waals surface area contributed by atoms with E-state index in [0.717, 1.165) is 0 Å². The summed E-state index contributed by atoms with van der Waals surface area (Å²) in [4.78, 5) is 31.8. The van der Waals surface area contributed by atoms with E-state index in [4.69, 9.17) is 17.2 Å². The van der Waals surface area contributed by atoms with Crippen molar-refractivity contribution in [3.63, 3.8) is 0 Å². The zero-order valence-electron chi connectivity index (χ0n) is 8.16. The molecular formula is C7H15N5O3.